The van der Waals surface area contributed by atoms with Gasteiger partial charge >= 0.3 is 0 Å². The highest BCUT2D eigenvalue weighted by molar-refractivity contribution is 5.26. The molecule has 0 aliphatic carbocycles. The number of benzene rings is 1. The monoisotopic (exact) mass is 197 g/mol. The van der Waals surface area contributed by atoms with Crippen molar-refractivity contribution in [3.8, 4) is 0 Å². The molecule has 0 aliphatic heterocycles. The van der Waals surface area contributed by atoms with Gasteiger partial charge in [0.2, 0.25) is 0 Å². The highest BCUT2D eigenvalue weighted by Gasteiger charge is 2.10. The summed E-state index contributed by atoms with van der Waals surface area (Å²) in [5.41, 5.74) is 6.91. The number of nitrogens with two attached hydrogens (primary N) is 1. The second-order valence-corrected chi connectivity index (χ2v) is 3.41. The molecular weight excluding hydrogens is 181 g/mol. The number of hydrogen-bond donors (Lipinski definition) is 2. The van der Waals surface area contributed by atoms with Gasteiger partial charge in [0.1, 0.15) is 5.82 Å². The first-order chi connectivity index (χ1) is 6.69. The van der Waals surface area contributed by atoms with Crippen LogP contribution in [0.2, 0.25) is 0 Å². The third-order valence-corrected chi connectivity index (χ3v) is 2.25. The van der Waals surface area contributed by atoms with Crippen molar-refractivity contribution in [1.82, 2.24) is 0 Å². The molecular formula is C11H16FNO. The van der Waals surface area contributed by atoms with E-state index in [9.17, 15) is 4.39 Å². The standard InChI is InChI=1S/C11H16FNO/c1-2-3-11(13)9-5-4-8(7-14)6-10(9)12/h4-6,11,14H,2-3,7,13H2,1H3/t11-/m1/s1. The lowest BCUT2D eigenvalue weighted by Gasteiger charge is -2.12. The topological polar surface area (TPSA) is 46.2 Å². The van der Waals surface area contributed by atoms with E-state index in [0.29, 0.717) is 11.1 Å². The molecule has 0 radical (unpaired) electrons. The van der Waals surface area contributed by atoms with E-state index in [0.717, 1.165) is 12.8 Å². The summed E-state index contributed by atoms with van der Waals surface area (Å²) in [5.74, 6) is -0.322. The lowest BCUT2D eigenvalue weighted by atomic mass is 10.0. The predicted molar refractivity (Wildman–Crippen MR) is 54.2 cm³/mol. The van der Waals surface area contributed by atoms with Crippen molar-refractivity contribution >= 4 is 0 Å². The van der Waals surface area contributed by atoms with E-state index in [1.54, 1.807) is 12.1 Å². The molecule has 3 heteroatoms. The van der Waals surface area contributed by atoms with E-state index in [2.05, 4.69) is 0 Å². The molecule has 1 aromatic carbocycles. The Kier molecular flexibility index (Phi) is 4.04. The normalized spacial score (nSPS) is 12.9. The Morgan fingerprint density at radius 2 is 2.21 bits per heavy atom. The fourth-order valence-corrected chi connectivity index (χ4v) is 1.44. The van der Waals surface area contributed by atoms with Gasteiger partial charge in [0.25, 0.3) is 0 Å². The largest absolute Gasteiger partial charge is 0.392 e. The zero-order valence-corrected chi connectivity index (χ0v) is 8.33. The van der Waals surface area contributed by atoms with Crippen LogP contribution in [-0.2, 0) is 6.61 Å². The van der Waals surface area contributed by atoms with Crippen LogP contribution in [0.5, 0.6) is 0 Å². The van der Waals surface area contributed by atoms with Crippen molar-refractivity contribution in [1.29, 1.82) is 0 Å². The first-order valence-electron chi connectivity index (χ1n) is 4.83. The highest BCUT2D eigenvalue weighted by Crippen LogP contribution is 2.20. The maximum Gasteiger partial charge on any atom is 0.128 e. The Labute approximate surface area is 83.6 Å². The van der Waals surface area contributed by atoms with E-state index in [1.807, 2.05) is 6.92 Å². The molecule has 0 spiro atoms. The summed E-state index contributed by atoms with van der Waals surface area (Å²) in [7, 11) is 0. The van der Waals surface area contributed by atoms with Crippen LogP contribution in [0.25, 0.3) is 0 Å². The summed E-state index contributed by atoms with van der Waals surface area (Å²) < 4.78 is 13.4. The quantitative estimate of drug-likeness (QED) is 0.776. The van der Waals surface area contributed by atoms with E-state index in [1.165, 1.54) is 6.07 Å². The molecule has 1 atom stereocenters. The Hall–Kier alpha value is -0.930. The molecule has 3 N–H and O–H groups in total. The molecule has 0 saturated heterocycles. The van der Waals surface area contributed by atoms with Gasteiger partial charge in [-0.15, -0.1) is 0 Å². The number of aliphatic hydroxyl groups is 1. The van der Waals surface area contributed by atoms with E-state index in [4.69, 9.17) is 10.8 Å². The fraction of sp³-hybridized carbons (Fsp3) is 0.455. The second-order valence-electron chi connectivity index (χ2n) is 3.41. The smallest absolute Gasteiger partial charge is 0.128 e. The van der Waals surface area contributed by atoms with Crippen molar-refractivity contribution in [2.24, 2.45) is 5.73 Å². The van der Waals surface area contributed by atoms with Crippen molar-refractivity contribution in [3.63, 3.8) is 0 Å². The van der Waals surface area contributed by atoms with Gasteiger partial charge in [0.05, 0.1) is 6.61 Å². The molecule has 0 heterocycles. The van der Waals surface area contributed by atoms with Crippen LogP contribution in [0.1, 0.15) is 36.9 Å². The Balaban J connectivity index is 2.88. The summed E-state index contributed by atoms with van der Waals surface area (Å²) in [5, 5.41) is 8.80. The molecule has 0 unspecified atom stereocenters. The molecule has 0 fully saturated rings. The predicted octanol–water partition coefficient (Wildman–Crippen LogP) is 2.12. The molecule has 1 aromatic rings. The van der Waals surface area contributed by atoms with Crippen molar-refractivity contribution in [2.45, 2.75) is 32.4 Å². The minimum Gasteiger partial charge on any atom is -0.392 e. The van der Waals surface area contributed by atoms with Gasteiger partial charge in [0, 0.05) is 11.6 Å². The van der Waals surface area contributed by atoms with Crippen LogP contribution in [0, 0.1) is 5.82 Å². The maximum absolute atomic E-state index is 13.4. The summed E-state index contributed by atoms with van der Waals surface area (Å²) in [6, 6.07) is 4.45. The molecule has 78 valence electrons. The van der Waals surface area contributed by atoms with Crippen LogP contribution in [0.3, 0.4) is 0 Å². The summed E-state index contributed by atoms with van der Waals surface area (Å²) >= 11 is 0. The Morgan fingerprint density at radius 1 is 1.50 bits per heavy atom. The summed E-state index contributed by atoms with van der Waals surface area (Å²) in [6.07, 6.45) is 1.71. The average Bonchev–Trinajstić information content (AvgIpc) is 2.17. The Morgan fingerprint density at radius 3 is 2.71 bits per heavy atom. The van der Waals surface area contributed by atoms with Crippen molar-refractivity contribution < 1.29 is 9.50 Å². The minimum absolute atomic E-state index is 0.139. The van der Waals surface area contributed by atoms with E-state index >= 15 is 0 Å². The lowest BCUT2D eigenvalue weighted by molar-refractivity contribution is 0.281. The number of rotatable bonds is 4. The number of hydrogen-bond acceptors (Lipinski definition) is 2. The van der Waals surface area contributed by atoms with Gasteiger partial charge in [-0.1, -0.05) is 25.5 Å². The molecule has 14 heavy (non-hydrogen) atoms. The summed E-state index contributed by atoms with van der Waals surface area (Å²) in [4.78, 5) is 0. The van der Waals surface area contributed by atoms with Gasteiger partial charge in [-0.3, -0.25) is 0 Å². The third-order valence-electron chi connectivity index (χ3n) is 2.25. The van der Waals surface area contributed by atoms with Crippen LogP contribution in [0.15, 0.2) is 18.2 Å². The van der Waals surface area contributed by atoms with Crippen LogP contribution in [-0.4, -0.2) is 5.11 Å². The summed E-state index contributed by atoms with van der Waals surface area (Å²) in [6.45, 7) is 1.88. The fourth-order valence-electron chi connectivity index (χ4n) is 1.44. The first-order valence-corrected chi connectivity index (χ1v) is 4.83. The van der Waals surface area contributed by atoms with E-state index in [-0.39, 0.29) is 18.5 Å². The molecule has 2 nitrogen and oxygen atoms in total. The van der Waals surface area contributed by atoms with Gasteiger partial charge in [-0.05, 0) is 18.1 Å². The van der Waals surface area contributed by atoms with Crippen LogP contribution < -0.4 is 5.73 Å². The molecule has 0 amide bonds. The SMILES string of the molecule is CCC[C@@H](N)c1ccc(CO)cc1F. The second kappa shape index (κ2) is 5.08. The third kappa shape index (κ3) is 2.53. The first kappa shape index (κ1) is 11.1. The zero-order chi connectivity index (χ0) is 10.6. The van der Waals surface area contributed by atoms with E-state index < -0.39 is 0 Å². The van der Waals surface area contributed by atoms with Crippen molar-refractivity contribution in [2.75, 3.05) is 0 Å². The molecule has 0 aliphatic rings. The number of aliphatic hydroxyl groups excluding tert-OH is 1. The molecule has 0 bridgehead atoms. The minimum atomic E-state index is -0.322. The van der Waals surface area contributed by atoms with Gasteiger partial charge in [0.15, 0.2) is 0 Å². The highest BCUT2D eigenvalue weighted by atomic mass is 19.1. The number of halogens is 1. The molecule has 0 aromatic heterocycles. The van der Waals surface area contributed by atoms with Crippen molar-refractivity contribution in [3.05, 3.63) is 35.1 Å². The maximum atomic E-state index is 13.4. The van der Waals surface area contributed by atoms with Gasteiger partial charge < -0.3 is 10.8 Å². The average molecular weight is 197 g/mol. The van der Waals surface area contributed by atoms with Gasteiger partial charge in [-0.25, -0.2) is 4.39 Å². The van der Waals surface area contributed by atoms with Crippen LogP contribution >= 0.6 is 0 Å². The Bertz CT molecular complexity index is 301. The lowest BCUT2D eigenvalue weighted by Crippen LogP contribution is -2.11. The molecule has 1 rings (SSSR count). The van der Waals surface area contributed by atoms with Crippen LogP contribution in [0.4, 0.5) is 4.39 Å². The zero-order valence-electron chi connectivity index (χ0n) is 8.33. The molecule has 0 saturated carbocycles. The van der Waals surface area contributed by atoms with Gasteiger partial charge in [-0.2, -0.15) is 0 Å².